The van der Waals surface area contributed by atoms with Gasteiger partial charge in [0.05, 0.1) is 0 Å². The zero-order chi connectivity index (χ0) is 66.6. The molecule has 0 spiro atoms. The molecule has 0 aliphatic heterocycles. The third kappa shape index (κ3) is 17.7. The maximum Gasteiger partial charge on any atom is 0.432 e. The summed E-state index contributed by atoms with van der Waals surface area (Å²) in [5, 5.41) is 0. The molecule has 0 saturated heterocycles. The highest BCUT2D eigenvalue weighted by Gasteiger charge is 2.42. The summed E-state index contributed by atoms with van der Waals surface area (Å²) in [6.07, 6.45) is 29.7. The lowest BCUT2D eigenvalue weighted by atomic mass is 9.68. The summed E-state index contributed by atoms with van der Waals surface area (Å²) in [5.41, 5.74) is 5.26. The van der Waals surface area contributed by atoms with Crippen molar-refractivity contribution in [3.05, 3.63) is 207 Å². The molecule has 0 radical (unpaired) electrons. The molecule has 5 aliphatic carbocycles. The van der Waals surface area contributed by atoms with E-state index in [-0.39, 0.29) is 23.3 Å². The Labute approximate surface area is 548 Å². The van der Waals surface area contributed by atoms with E-state index in [1.165, 1.54) is 171 Å². The Morgan fingerprint density at radius 2 is 0.617 bits per heavy atom. The topological polar surface area (TPSA) is 9.23 Å². The first kappa shape index (κ1) is 70.3. The number of ether oxygens (including phenoxy) is 1. The fraction of sp³-hybridized carbons (Fsp3) is 0.481. The normalized spacial score (nSPS) is 22.9. The Balaban J connectivity index is 0.000000154. The van der Waals surface area contributed by atoms with E-state index in [2.05, 4.69) is 42.8 Å². The quantitative estimate of drug-likeness (QED) is 0.0565. The van der Waals surface area contributed by atoms with Crippen molar-refractivity contribution in [3.63, 3.8) is 0 Å². The highest BCUT2D eigenvalue weighted by Crippen LogP contribution is 2.47. The summed E-state index contributed by atoms with van der Waals surface area (Å²) in [6.45, 7) is 6.10. The van der Waals surface area contributed by atoms with Crippen LogP contribution in [-0.2, 0) is 6.11 Å². The summed E-state index contributed by atoms with van der Waals surface area (Å²) in [6, 6.07) is 30.3. The molecule has 0 atom stereocenters. The second-order valence-corrected chi connectivity index (χ2v) is 27.9. The van der Waals surface area contributed by atoms with Crippen molar-refractivity contribution in [2.75, 3.05) is 0 Å². The molecule has 0 heterocycles. The van der Waals surface area contributed by atoms with Crippen LogP contribution < -0.4 is 4.74 Å². The van der Waals surface area contributed by atoms with Crippen molar-refractivity contribution >= 4 is 0 Å². The molecule has 1 nitrogen and oxygen atoms in total. The highest BCUT2D eigenvalue weighted by molar-refractivity contribution is 5.66. The van der Waals surface area contributed by atoms with Crippen molar-refractivity contribution in [2.24, 2.45) is 35.5 Å². The van der Waals surface area contributed by atoms with Crippen LogP contribution in [0.2, 0.25) is 0 Å². The predicted molar refractivity (Wildman–Crippen MR) is 351 cm³/mol. The molecule has 0 aromatic heterocycles. The molecule has 7 aromatic carbocycles. The van der Waals surface area contributed by atoms with Crippen molar-refractivity contribution in [1.29, 1.82) is 0 Å². The van der Waals surface area contributed by atoms with Crippen molar-refractivity contribution < 1.29 is 57.4 Å². The van der Waals surface area contributed by atoms with E-state index in [4.69, 9.17) is 0 Å². The third-order valence-electron chi connectivity index (χ3n) is 21.9. The van der Waals surface area contributed by atoms with E-state index >= 15 is 0 Å². The van der Waals surface area contributed by atoms with Crippen LogP contribution in [0.5, 0.6) is 5.75 Å². The van der Waals surface area contributed by atoms with Crippen molar-refractivity contribution in [3.8, 4) is 39.1 Å². The van der Waals surface area contributed by atoms with Gasteiger partial charge in [-0.15, -0.1) is 0 Å². The van der Waals surface area contributed by atoms with Gasteiger partial charge in [-0.2, -0.15) is 8.78 Å². The molecule has 0 bridgehead atoms. The maximum absolute atomic E-state index is 14.6. The van der Waals surface area contributed by atoms with Crippen LogP contribution in [0.25, 0.3) is 33.4 Å². The second-order valence-electron chi connectivity index (χ2n) is 27.9. The highest BCUT2D eigenvalue weighted by atomic mass is 19.3. The van der Waals surface area contributed by atoms with E-state index in [0.29, 0.717) is 40.0 Å². The van der Waals surface area contributed by atoms with Gasteiger partial charge in [-0.1, -0.05) is 164 Å². The summed E-state index contributed by atoms with van der Waals surface area (Å²) >= 11 is 0. The average Bonchev–Trinajstić information content (AvgIpc) is 0.813. The third-order valence-corrected chi connectivity index (χ3v) is 21.9. The minimum absolute atomic E-state index is 0.0424. The summed E-state index contributed by atoms with van der Waals surface area (Å²) in [7, 11) is 0. The predicted octanol–water partition coefficient (Wildman–Crippen LogP) is 26.1. The van der Waals surface area contributed by atoms with Crippen LogP contribution in [0.1, 0.15) is 226 Å². The Hall–Kier alpha value is -6.50. The average molecular weight is 1310 g/mol. The van der Waals surface area contributed by atoms with Crippen molar-refractivity contribution in [2.45, 2.75) is 212 Å². The molecule has 5 saturated carbocycles. The van der Waals surface area contributed by atoms with Gasteiger partial charge in [0.2, 0.25) is 0 Å². The van der Waals surface area contributed by atoms with E-state index < -0.39 is 75.6 Å². The van der Waals surface area contributed by atoms with Gasteiger partial charge in [-0.25, -0.2) is 43.9 Å². The molecule has 5 fully saturated rings. The molecule has 12 rings (SSSR count). The Morgan fingerprint density at radius 3 is 0.947 bits per heavy atom. The minimum Gasteiger partial charge on any atom is -0.429 e. The molecule has 5 aliphatic rings. The Kier molecular flexibility index (Phi) is 24.3. The number of rotatable bonds is 15. The molecule has 0 N–H and O–H groups in total. The monoisotopic (exact) mass is 1310 g/mol. The van der Waals surface area contributed by atoms with Crippen molar-refractivity contribution in [1.82, 2.24) is 0 Å². The van der Waals surface area contributed by atoms with E-state index in [0.717, 1.165) is 96.6 Å². The van der Waals surface area contributed by atoms with Gasteiger partial charge >= 0.3 is 6.11 Å². The van der Waals surface area contributed by atoms with Gasteiger partial charge in [0.25, 0.3) is 0 Å². The Bertz CT molecular complexity index is 3330. The standard InChI is InChI=1S/C28H36F2.C27H33F3.C26H21F7O/c1-3-4-20-5-7-21(8-6-20)22-9-11-23(12-10-22)24-13-15-25(16-14-24)26-17-27(29)19(2)28(30)18-26;1-2-3-18-4-6-19(7-5-18)20-8-10-21(11-9-20)22-12-14-23(15-13-22)24-16-25(28)27(30)26(29)17-24;27-20-11-18(17-9-7-16(8-10-17)15-5-3-1-2-4-6-15)12-21(28)24(20)26(32,33)34-19-13-22(29)25(31)23(30)14-19/h13-18,20-23H,3-12H2,1-2H3;12-21H,2-11H2,1H3;7-15H,1-6H2. The number of hydrogen-bond donors (Lipinski definition) is 0. The zero-order valence-electron chi connectivity index (χ0n) is 54.6. The molecule has 13 heteroatoms. The smallest absolute Gasteiger partial charge is 0.429 e. The summed E-state index contributed by atoms with van der Waals surface area (Å²) in [4.78, 5) is 0. The van der Waals surface area contributed by atoms with Crippen LogP contribution in [0.3, 0.4) is 0 Å². The lowest BCUT2D eigenvalue weighted by Gasteiger charge is -2.38. The van der Waals surface area contributed by atoms with E-state index in [1.807, 2.05) is 36.4 Å². The van der Waals surface area contributed by atoms with Gasteiger partial charge in [0.15, 0.2) is 34.9 Å². The molecular formula is C81H90F12O. The number of halogens is 12. The zero-order valence-corrected chi connectivity index (χ0v) is 54.6. The fourth-order valence-corrected chi connectivity index (χ4v) is 16.4. The molecule has 504 valence electrons. The van der Waals surface area contributed by atoms with Crippen LogP contribution in [0.15, 0.2) is 121 Å². The first-order chi connectivity index (χ1) is 45.2. The largest absolute Gasteiger partial charge is 0.432 e. The fourth-order valence-electron chi connectivity index (χ4n) is 16.4. The van der Waals surface area contributed by atoms with Gasteiger partial charge < -0.3 is 4.74 Å². The van der Waals surface area contributed by atoms with Crippen LogP contribution >= 0.6 is 0 Å². The van der Waals surface area contributed by atoms with Crippen LogP contribution in [0.4, 0.5) is 52.7 Å². The SMILES string of the molecule is CCCC1CCC(C2CCC(c3ccc(-c4cc(F)c(C)c(F)c4)cc3)CC2)CC1.CCCC1CCC(C2CCC(c3ccc(-c4cc(F)c(F)c(F)c4)cc3)CC2)CC1.Fc1cc(OC(F)(F)c2c(F)cc(-c3ccc(C4CCCCCC4)cc3)cc2F)cc(F)c1F. The molecule has 0 amide bonds. The van der Waals surface area contributed by atoms with Crippen LogP contribution in [0, 0.1) is 101 Å². The van der Waals surface area contributed by atoms with Gasteiger partial charge in [0, 0.05) is 17.7 Å². The number of benzene rings is 7. The Morgan fingerprint density at radius 1 is 0.330 bits per heavy atom. The summed E-state index contributed by atoms with van der Waals surface area (Å²) < 4.78 is 170. The van der Waals surface area contributed by atoms with E-state index in [9.17, 15) is 52.7 Å². The van der Waals surface area contributed by atoms with Gasteiger partial charge in [-0.05, 0) is 237 Å². The molecule has 7 aromatic rings. The lowest BCUT2D eigenvalue weighted by molar-refractivity contribution is -0.189. The first-order valence-electron chi connectivity index (χ1n) is 34.9. The van der Waals surface area contributed by atoms with Crippen LogP contribution in [-0.4, -0.2) is 0 Å². The number of alkyl halides is 2. The molecular weight excluding hydrogens is 1220 g/mol. The first-order valence-corrected chi connectivity index (χ1v) is 34.9. The second kappa shape index (κ2) is 32.5. The number of hydrogen-bond acceptors (Lipinski definition) is 1. The lowest BCUT2D eigenvalue weighted by Crippen LogP contribution is -2.25. The molecule has 0 unspecified atom stereocenters. The van der Waals surface area contributed by atoms with Gasteiger partial charge in [0.1, 0.15) is 34.6 Å². The minimum atomic E-state index is -4.62. The molecule has 94 heavy (non-hydrogen) atoms. The van der Waals surface area contributed by atoms with Gasteiger partial charge in [-0.3, -0.25) is 0 Å². The van der Waals surface area contributed by atoms with E-state index in [1.54, 1.807) is 12.1 Å². The maximum atomic E-state index is 14.6. The summed E-state index contributed by atoms with van der Waals surface area (Å²) in [5.74, 6) is -7.09.